The van der Waals surface area contributed by atoms with Crippen LogP contribution in [0.25, 0.3) is 0 Å². The number of amides is 1. The first-order valence-electron chi connectivity index (χ1n) is 5.59. The van der Waals surface area contributed by atoms with E-state index in [4.69, 9.17) is 11.6 Å². The number of anilines is 1. The van der Waals surface area contributed by atoms with Gasteiger partial charge in [-0.05, 0) is 21.8 Å². The Kier molecular flexibility index (Phi) is 4.81. The van der Waals surface area contributed by atoms with Gasteiger partial charge in [0, 0.05) is 31.8 Å². The summed E-state index contributed by atoms with van der Waals surface area (Å²) in [4.78, 5) is 32.5. The zero-order valence-corrected chi connectivity index (χ0v) is 13.3. The van der Waals surface area contributed by atoms with Gasteiger partial charge < -0.3 is 0 Å². The van der Waals surface area contributed by atoms with Gasteiger partial charge in [-0.3, -0.25) is 14.5 Å². The molecule has 19 heavy (non-hydrogen) atoms. The Balaban J connectivity index is 2.07. The summed E-state index contributed by atoms with van der Waals surface area (Å²) in [6.45, 7) is 2.05. The predicted octanol–water partition coefficient (Wildman–Crippen LogP) is 2.53. The van der Waals surface area contributed by atoms with Crippen LogP contribution >= 0.6 is 39.3 Å². The van der Waals surface area contributed by atoms with Crippen LogP contribution in [0.3, 0.4) is 0 Å². The second kappa shape index (κ2) is 6.19. The first-order valence-corrected chi connectivity index (χ1v) is 7.75. The third-order valence-electron chi connectivity index (χ3n) is 2.66. The quantitative estimate of drug-likeness (QED) is 0.771. The minimum atomic E-state index is -0.0347. The summed E-state index contributed by atoms with van der Waals surface area (Å²) in [5.74, 6) is 1.07. The molecule has 0 radical (unpaired) electrons. The molecule has 1 fully saturated rings. The summed E-state index contributed by atoms with van der Waals surface area (Å²) < 4.78 is 0.591. The molecule has 5 nitrogen and oxygen atoms in total. The zero-order chi connectivity index (χ0) is 14.0. The number of aromatic nitrogens is 2. The van der Waals surface area contributed by atoms with Gasteiger partial charge in [0.05, 0.1) is 4.47 Å². The summed E-state index contributed by atoms with van der Waals surface area (Å²) in [7, 11) is 0. The maximum Gasteiger partial charge on any atom is 0.233 e. The fraction of sp³-hybridized carbons (Fsp3) is 0.455. The Hall–Kier alpha value is -0.660. The molecular weight excluding hydrogens is 354 g/mol. The Bertz CT molecular complexity index is 529. The van der Waals surface area contributed by atoms with Crippen molar-refractivity contribution in [2.24, 2.45) is 5.92 Å². The molecule has 0 aromatic carbocycles. The molecule has 1 atom stereocenters. The lowest BCUT2D eigenvalue weighted by atomic mass is 10.1. The standard InChI is InChI=1S/C11H11BrClN3O2S/c1-6(17)19-5-7-2-9(18)16(4-7)11-14-3-8(12)10(13)15-11/h3,7H,2,4-5H2,1H3. The molecule has 1 aliphatic heterocycles. The molecule has 2 rings (SSSR count). The van der Waals surface area contributed by atoms with E-state index in [-0.39, 0.29) is 22.1 Å². The second-order valence-electron chi connectivity index (χ2n) is 4.19. The van der Waals surface area contributed by atoms with Gasteiger partial charge in [0.15, 0.2) is 5.12 Å². The van der Waals surface area contributed by atoms with E-state index in [0.717, 1.165) is 0 Å². The normalized spacial score (nSPS) is 19.0. The molecule has 1 aliphatic rings. The average molecular weight is 365 g/mol. The highest BCUT2D eigenvalue weighted by Crippen LogP contribution is 2.27. The highest BCUT2D eigenvalue weighted by Gasteiger charge is 2.32. The maximum atomic E-state index is 11.9. The second-order valence-corrected chi connectivity index (χ2v) is 6.60. The fourth-order valence-electron chi connectivity index (χ4n) is 1.79. The molecule has 0 N–H and O–H groups in total. The van der Waals surface area contributed by atoms with Gasteiger partial charge in [0.25, 0.3) is 0 Å². The van der Waals surface area contributed by atoms with E-state index in [0.29, 0.717) is 29.1 Å². The molecule has 2 heterocycles. The van der Waals surface area contributed by atoms with Crippen molar-refractivity contribution in [3.05, 3.63) is 15.8 Å². The van der Waals surface area contributed by atoms with E-state index in [9.17, 15) is 9.59 Å². The number of carbonyl (C=O) groups is 2. The van der Waals surface area contributed by atoms with Gasteiger partial charge >= 0.3 is 0 Å². The molecule has 1 saturated heterocycles. The Labute approximate surface area is 128 Å². The lowest BCUT2D eigenvalue weighted by Gasteiger charge is -2.14. The van der Waals surface area contributed by atoms with Crippen LogP contribution in [0.15, 0.2) is 10.7 Å². The Morgan fingerprint density at radius 1 is 1.68 bits per heavy atom. The average Bonchev–Trinajstić information content (AvgIpc) is 2.72. The molecule has 0 spiro atoms. The van der Waals surface area contributed by atoms with E-state index in [2.05, 4.69) is 25.9 Å². The molecule has 1 aromatic heterocycles. The van der Waals surface area contributed by atoms with Crippen molar-refractivity contribution in [1.82, 2.24) is 9.97 Å². The first kappa shape index (κ1) is 14.7. The van der Waals surface area contributed by atoms with Crippen molar-refractivity contribution in [1.29, 1.82) is 0 Å². The summed E-state index contributed by atoms with van der Waals surface area (Å²) in [6.07, 6.45) is 1.94. The molecule has 1 unspecified atom stereocenters. The molecule has 8 heteroatoms. The maximum absolute atomic E-state index is 11.9. The number of rotatable bonds is 3. The van der Waals surface area contributed by atoms with Crippen LogP contribution in [0.2, 0.25) is 5.15 Å². The summed E-state index contributed by atoms with van der Waals surface area (Å²) in [5.41, 5.74) is 0. The largest absolute Gasteiger partial charge is 0.288 e. The Morgan fingerprint density at radius 2 is 2.42 bits per heavy atom. The smallest absolute Gasteiger partial charge is 0.233 e. The van der Waals surface area contributed by atoms with Crippen molar-refractivity contribution < 1.29 is 9.59 Å². The molecular formula is C11H11BrClN3O2S. The van der Waals surface area contributed by atoms with E-state index < -0.39 is 0 Å². The van der Waals surface area contributed by atoms with Crippen molar-refractivity contribution in [2.45, 2.75) is 13.3 Å². The number of nitrogens with zero attached hydrogens (tertiary/aromatic N) is 3. The monoisotopic (exact) mass is 363 g/mol. The van der Waals surface area contributed by atoms with E-state index in [1.807, 2.05) is 0 Å². The third kappa shape index (κ3) is 3.67. The number of hydrogen-bond acceptors (Lipinski definition) is 5. The van der Waals surface area contributed by atoms with Crippen LogP contribution in [-0.4, -0.2) is 33.3 Å². The Morgan fingerprint density at radius 3 is 3.05 bits per heavy atom. The predicted molar refractivity (Wildman–Crippen MR) is 78.3 cm³/mol. The van der Waals surface area contributed by atoms with Gasteiger partial charge in [-0.25, -0.2) is 4.98 Å². The summed E-state index contributed by atoms with van der Waals surface area (Å²) >= 11 is 10.3. The van der Waals surface area contributed by atoms with Gasteiger partial charge in [-0.15, -0.1) is 0 Å². The van der Waals surface area contributed by atoms with Crippen LogP contribution in [0.5, 0.6) is 0 Å². The molecule has 0 bridgehead atoms. The van der Waals surface area contributed by atoms with Gasteiger partial charge in [0.1, 0.15) is 5.15 Å². The molecule has 102 valence electrons. The summed E-state index contributed by atoms with van der Waals surface area (Å²) in [6, 6.07) is 0. The zero-order valence-electron chi connectivity index (χ0n) is 10.1. The van der Waals surface area contributed by atoms with Crippen LogP contribution in [0.4, 0.5) is 5.95 Å². The summed E-state index contributed by atoms with van der Waals surface area (Å²) in [5, 5.41) is 0.341. The molecule has 0 aliphatic carbocycles. The molecule has 1 aromatic rings. The van der Waals surface area contributed by atoms with Gasteiger partial charge in [-0.2, -0.15) is 4.98 Å². The number of hydrogen-bond donors (Lipinski definition) is 0. The van der Waals surface area contributed by atoms with Crippen molar-refractivity contribution in [3.8, 4) is 0 Å². The lowest BCUT2D eigenvalue weighted by molar-refractivity contribution is -0.117. The minimum Gasteiger partial charge on any atom is -0.288 e. The number of thioether (sulfide) groups is 1. The fourth-order valence-corrected chi connectivity index (χ4v) is 2.80. The molecule has 1 amide bonds. The van der Waals surface area contributed by atoms with E-state index in [1.165, 1.54) is 29.8 Å². The topological polar surface area (TPSA) is 63.2 Å². The number of carbonyl (C=O) groups excluding carboxylic acids is 2. The highest BCUT2D eigenvalue weighted by molar-refractivity contribution is 9.10. The molecule has 0 saturated carbocycles. The minimum absolute atomic E-state index is 0.0347. The van der Waals surface area contributed by atoms with Crippen molar-refractivity contribution >= 4 is 56.3 Å². The van der Waals surface area contributed by atoms with Crippen molar-refractivity contribution in [3.63, 3.8) is 0 Å². The SMILES string of the molecule is CC(=O)SCC1CC(=O)N(c2ncc(Br)c(Cl)n2)C1. The van der Waals surface area contributed by atoms with Gasteiger partial charge in [-0.1, -0.05) is 23.4 Å². The van der Waals surface area contributed by atoms with E-state index in [1.54, 1.807) is 0 Å². The first-order chi connectivity index (χ1) is 8.97. The van der Waals surface area contributed by atoms with Crippen LogP contribution in [0, 0.1) is 5.92 Å². The van der Waals surface area contributed by atoms with Crippen molar-refractivity contribution in [2.75, 3.05) is 17.2 Å². The lowest BCUT2D eigenvalue weighted by Crippen LogP contribution is -2.26. The highest BCUT2D eigenvalue weighted by atomic mass is 79.9. The van der Waals surface area contributed by atoms with Crippen LogP contribution < -0.4 is 4.90 Å². The van der Waals surface area contributed by atoms with Crippen LogP contribution in [0.1, 0.15) is 13.3 Å². The van der Waals surface area contributed by atoms with Crippen LogP contribution in [-0.2, 0) is 9.59 Å². The number of halogens is 2. The van der Waals surface area contributed by atoms with Gasteiger partial charge in [0.2, 0.25) is 11.9 Å². The van der Waals surface area contributed by atoms with E-state index >= 15 is 0 Å². The third-order valence-corrected chi connectivity index (χ3v) is 4.80.